The quantitative estimate of drug-likeness (QED) is 0.841. The van der Waals surface area contributed by atoms with E-state index < -0.39 is 0 Å². The number of nitrogens with one attached hydrogen (secondary N) is 1. The zero-order valence-corrected chi connectivity index (χ0v) is 12.5. The van der Waals surface area contributed by atoms with Crippen molar-refractivity contribution >= 4 is 11.3 Å². The first-order valence-electron chi connectivity index (χ1n) is 7.00. The summed E-state index contributed by atoms with van der Waals surface area (Å²) in [4.78, 5) is 2.79. The van der Waals surface area contributed by atoms with E-state index in [1.807, 2.05) is 11.3 Å². The fraction of sp³-hybridized carbons (Fsp3) is 0.412. The number of rotatable bonds is 5. The van der Waals surface area contributed by atoms with Crippen molar-refractivity contribution in [1.82, 2.24) is 5.32 Å². The largest absolute Gasteiger partial charge is 0.312 e. The summed E-state index contributed by atoms with van der Waals surface area (Å²) in [6.45, 7) is 6.88. The summed E-state index contributed by atoms with van der Waals surface area (Å²) < 4.78 is 0. The van der Waals surface area contributed by atoms with Gasteiger partial charge in [-0.05, 0) is 42.0 Å². The molecule has 19 heavy (non-hydrogen) atoms. The Morgan fingerprint density at radius 2 is 1.89 bits per heavy atom. The lowest BCUT2D eigenvalue weighted by atomic mass is 10.1. The third-order valence-corrected chi connectivity index (χ3v) is 5.26. The molecule has 1 N–H and O–H groups in total. The molecule has 2 aromatic rings. The van der Waals surface area contributed by atoms with Gasteiger partial charge in [0.1, 0.15) is 0 Å². The van der Waals surface area contributed by atoms with Gasteiger partial charge < -0.3 is 5.32 Å². The second-order valence-corrected chi connectivity index (χ2v) is 7.32. The SMILES string of the molecule is CC1(C)CC1CNCc1ccc(-c2ccccc2)s1. The van der Waals surface area contributed by atoms with Crippen LogP contribution in [0.3, 0.4) is 0 Å². The molecule has 1 atom stereocenters. The van der Waals surface area contributed by atoms with Gasteiger partial charge in [-0.2, -0.15) is 0 Å². The molecule has 1 saturated carbocycles. The molecule has 1 heterocycles. The Kier molecular flexibility index (Phi) is 3.46. The Hall–Kier alpha value is -1.12. The van der Waals surface area contributed by atoms with Gasteiger partial charge >= 0.3 is 0 Å². The van der Waals surface area contributed by atoms with Crippen LogP contribution in [0.5, 0.6) is 0 Å². The van der Waals surface area contributed by atoms with Crippen LogP contribution in [0.25, 0.3) is 10.4 Å². The molecular formula is C17H21NS. The first-order chi connectivity index (χ1) is 9.15. The highest BCUT2D eigenvalue weighted by molar-refractivity contribution is 7.15. The summed E-state index contributed by atoms with van der Waals surface area (Å²) in [5.41, 5.74) is 1.90. The number of hydrogen-bond acceptors (Lipinski definition) is 2. The Morgan fingerprint density at radius 1 is 1.16 bits per heavy atom. The Labute approximate surface area is 119 Å². The van der Waals surface area contributed by atoms with Gasteiger partial charge in [0.05, 0.1) is 0 Å². The fourth-order valence-electron chi connectivity index (χ4n) is 2.52. The van der Waals surface area contributed by atoms with Gasteiger partial charge in [-0.3, -0.25) is 0 Å². The van der Waals surface area contributed by atoms with E-state index in [0.717, 1.165) is 19.0 Å². The van der Waals surface area contributed by atoms with Crippen molar-refractivity contribution < 1.29 is 0 Å². The van der Waals surface area contributed by atoms with E-state index in [0.29, 0.717) is 5.41 Å². The lowest BCUT2D eigenvalue weighted by molar-refractivity contribution is 0.521. The maximum atomic E-state index is 3.59. The molecule has 0 bridgehead atoms. The molecule has 1 aliphatic carbocycles. The molecule has 1 aromatic heterocycles. The zero-order chi connectivity index (χ0) is 13.3. The van der Waals surface area contributed by atoms with E-state index in [9.17, 15) is 0 Å². The van der Waals surface area contributed by atoms with E-state index in [1.54, 1.807) is 0 Å². The maximum absolute atomic E-state index is 3.59. The molecule has 2 heteroatoms. The maximum Gasteiger partial charge on any atom is 0.0346 e. The Morgan fingerprint density at radius 3 is 2.58 bits per heavy atom. The minimum absolute atomic E-state index is 0.581. The van der Waals surface area contributed by atoms with Crippen molar-refractivity contribution in [1.29, 1.82) is 0 Å². The Balaban J connectivity index is 1.54. The molecule has 0 saturated heterocycles. The molecule has 0 radical (unpaired) electrons. The van der Waals surface area contributed by atoms with Gasteiger partial charge in [0.15, 0.2) is 0 Å². The average molecular weight is 271 g/mol. The van der Waals surface area contributed by atoms with Crippen molar-refractivity contribution in [2.24, 2.45) is 11.3 Å². The molecule has 0 amide bonds. The summed E-state index contributed by atoms with van der Waals surface area (Å²) in [5, 5.41) is 3.59. The molecule has 1 aliphatic rings. The van der Waals surface area contributed by atoms with Gasteiger partial charge in [0, 0.05) is 16.3 Å². The van der Waals surface area contributed by atoms with Crippen molar-refractivity contribution in [3.8, 4) is 10.4 Å². The molecule has 1 aromatic carbocycles. The number of hydrogen-bond donors (Lipinski definition) is 1. The van der Waals surface area contributed by atoms with E-state index in [2.05, 4.69) is 61.6 Å². The minimum atomic E-state index is 0.581. The highest BCUT2D eigenvalue weighted by Gasteiger charge is 2.44. The monoisotopic (exact) mass is 271 g/mol. The summed E-state index contributed by atoms with van der Waals surface area (Å²) in [5.74, 6) is 0.876. The first-order valence-corrected chi connectivity index (χ1v) is 7.82. The van der Waals surface area contributed by atoms with Crippen molar-refractivity contribution in [2.75, 3.05) is 6.54 Å². The number of benzene rings is 1. The predicted molar refractivity (Wildman–Crippen MR) is 83.3 cm³/mol. The van der Waals surface area contributed by atoms with Gasteiger partial charge in [-0.15, -0.1) is 11.3 Å². The molecular weight excluding hydrogens is 250 g/mol. The standard InChI is InChI=1S/C17H21NS/c1-17(2)10-14(17)11-18-12-15-8-9-16(19-15)13-6-4-3-5-7-13/h3-9,14,18H,10-12H2,1-2H3. The minimum Gasteiger partial charge on any atom is -0.312 e. The molecule has 0 aliphatic heterocycles. The van der Waals surface area contributed by atoms with Crippen LogP contribution in [0.15, 0.2) is 42.5 Å². The molecule has 0 spiro atoms. The second kappa shape index (κ2) is 5.10. The zero-order valence-electron chi connectivity index (χ0n) is 11.6. The van der Waals surface area contributed by atoms with Crippen LogP contribution >= 0.6 is 11.3 Å². The van der Waals surface area contributed by atoms with Crippen LogP contribution in [-0.4, -0.2) is 6.54 Å². The smallest absolute Gasteiger partial charge is 0.0346 e. The summed E-state index contributed by atoms with van der Waals surface area (Å²) in [7, 11) is 0. The summed E-state index contributed by atoms with van der Waals surface area (Å²) in [6, 6.07) is 15.1. The summed E-state index contributed by atoms with van der Waals surface area (Å²) in [6.07, 6.45) is 1.37. The first kappa shape index (κ1) is 12.9. The van der Waals surface area contributed by atoms with Crippen LogP contribution in [0.4, 0.5) is 0 Å². The number of thiophene rings is 1. The van der Waals surface area contributed by atoms with Crippen LogP contribution in [-0.2, 0) is 6.54 Å². The highest BCUT2D eigenvalue weighted by atomic mass is 32.1. The lowest BCUT2D eigenvalue weighted by Crippen LogP contribution is -2.17. The third kappa shape index (κ3) is 3.07. The van der Waals surface area contributed by atoms with Crippen LogP contribution in [0, 0.1) is 11.3 Å². The predicted octanol–water partition coefficient (Wildman–Crippen LogP) is 4.55. The van der Waals surface area contributed by atoms with Gasteiger partial charge in [-0.1, -0.05) is 44.2 Å². The molecule has 1 unspecified atom stereocenters. The van der Waals surface area contributed by atoms with Gasteiger partial charge in [0.2, 0.25) is 0 Å². The van der Waals surface area contributed by atoms with Crippen molar-refractivity contribution in [3.63, 3.8) is 0 Å². The van der Waals surface area contributed by atoms with Crippen LogP contribution < -0.4 is 5.32 Å². The highest BCUT2D eigenvalue weighted by Crippen LogP contribution is 2.51. The van der Waals surface area contributed by atoms with Gasteiger partial charge in [0.25, 0.3) is 0 Å². The summed E-state index contributed by atoms with van der Waals surface area (Å²) >= 11 is 1.90. The third-order valence-electron chi connectivity index (χ3n) is 4.13. The van der Waals surface area contributed by atoms with E-state index in [1.165, 1.54) is 21.7 Å². The van der Waals surface area contributed by atoms with E-state index in [-0.39, 0.29) is 0 Å². The lowest BCUT2D eigenvalue weighted by Gasteiger charge is -2.04. The molecule has 3 rings (SSSR count). The average Bonchev–Trinajstić information content (AvgIpc) is 2.83. The van der Waals surface area contributed by atoms with Crippen molar-refractivity contribution in [3.05, 3.63) is 47.3 Å². The molecule has 1 nitrogen and oxygen atoms in total. The Bertz CT molecular complexity index is 541. The van der Waals surface area contributed by atoms with E-state index >= 15 is 0 Å². The second-order valence-electron chi connectivity index (χ2n) is 6.15. The topological polar surface area (TPSA) is 12.0 Å². The van der Waals surface area contributed by atoms with Crippen molar-refractivity contribution in [2.45, 2.75) is 26.8 Å². The van der Waals surface area contributed by atoms with E-state index in [4.69, 9.17) is 0 Å². The van der Waals surface area contributed by atoms with Crippen LogP contribution in [0.1, 0.15) is 25.1 Å². The van der Waals surface area contributed by atoms with Crippen LogP contribution in [0.2, 0.25) is 0 Å². The van der Waals surface area contributed by atoms with Gasteiger partial charge in [-0.25, -0.2) is 0 Å². The molecule has 1 fully saturated rings. The fourth-order valence-corrected chi connectivity index (χ4v) is 3.51. The molecule has 100 valence electrons. The normalized spacial score (nSPS) is 20.4.